The fourth-order valence-corrected chi connectivity index (χ4v) is 2.77. The predicted molar refractivity (Wildman–Crippen MR) is 84.0 cm³/mol. The number of nitrogens with one attached hydrogen (secondary N) is 1. The molecule has 1 heterocycles. The lowest BCUT2D eigenvalue weighted by molar-refractivity contribution is -0.128. The molecule has 1 aliphatic heterocycles. The first-order chi connectivity index (χ1) is 10.1. The van der Waals surface area contributed by atoms with Crippen molar-refractivity contribution in [3.8, 4) is 0 Å². The number of hydrogen-bond acceptors (Lipinski definition) is 3. The quantitative estimate of drug-likeness (QED) is 0.797. The highest BCUT2D eigenvalue weighted by atomic mass is 79.9. The van der Waals surface area contributed by atoms with Crippen molar-refractivity contribution >= 4 is 33.4 Å². The van der Waals surface area contributed by atoms with Crippen molar-refractivity contribution in [2.75, 3.05) is 32.1 Å². The van der Waals surface area contributed by atoms with Crippen LogP contribution < -0.4 is 5.32 Å². The Hall–Kier alpha value is -1.40. The second-order valence-corrected chi connectivity index (χ2v) is 6.00. The van der Waals surface area contributed by atoms with Crippen molar-refractivity contribution < 1.29 is 14.3 Å². The van der Waals surface area contributed by atoms with Crippen LogP contribution in [0.15, 0.2) is 28.7 Å². The summed E-state index contributed by atoms with van der Waals surface area (Å²) in [5.74, 6) is -0.338. The Morgan fingerprint density at radius 1 is 1.52 bits per heavy atom. The summed E-state index contributed by atoms with van der Waals surface area (Å²) in [6.45, 7) is 1.76. The average Bonchev–Trinajstić information content (AvgIpc) is 2.81. The minimum atomic E-state index is -0.279. The molecule has 0 bridgehead atoms. The molecule has 0 spiro atoms. The van der Waals surface area contributed by atoms with E-state index < -0.39 is 0 Å². The number of likely N-dealkylation sites (tertiary alicyclic amines) is 1. The Labute approximate surface area is 132 Å². The molecule has 1 N–H and O–H groups in total. The van der Waals surface area contributed by atoms with Gasteiger partial charge in [0, 0.05) is 43.4 Å². The molecule has 21 heavy (non-hydrogen) atoms. The SMILES string of the molecule is COCCCN1C[C@H](C(=O)Nc2cccc(Br)c2)CC1=O. The van der Waals surface area contributed by atoms with Crippen LogP contribution in [0, 0.1) is 5.92 Å². The summed E-state index contributed by atoms with van der Waals surface area (Å²) in [6, 6.07) is 7.42. The molecule has 0 saturated carbocycles. The molecule has 114 valence electrons. The molecule has 5 nitrogen and oxygen atoms in total. The summed E-state index contributed by atoms with van der Waals surface area (Å²) in [7, 11) is 1.64. The molecule has 0 radical (unpaired) electrons. The zero-order valence-electron chi connectivity index (χ0n) is 12.0. The van der Waals surface area contributed by atoms with Crippen LogP contribution in [0.25, 0.3) is 0 Å². The summed E-state index contributed by atoms with van der Waals surface area (Å²) in [5, 5.41) is 2.86. The number of anilines is 1. The monoisotopic (exact) mass is 354 g/mol. The van der Waals surface area contributed by atoms with Crippen LogP contribution >= 0.6 is 15.9 Å². The van der Waals surface area contributed by atoms with Crippen molar-refractivity contribution in [3.05, 3.63) is 28.7 Å². The highest BCUT2D eigenvalue weighted by Crippen LogP contribution is 2.21. The maximum Gasteiger partial charge on any atom is 0.229 e. The first-order valence-corrected chi connectivity index (χ1v) is 7.72. The van der Waals surface area contributed by atoms with E-state index in [9.17, 15) is 9.59 Å². The van der Waals surface area contributed by atoms with Crippen molar-refractivity contribution in [2.45, 2.75) is 12.8 Å². The third kappa shape index (κ3) is 4.54. The Bertz CT molecular complexity index is 521. The van der Waals surface area contributed by atoms with Gasteiger partial charge < -0.3 is 15.0 Å². The average molecular weight is 355 g/mol. The van der Waals surface area contributed by atoms with Crippen LogP contribution in [0.2, 0.25) is 0 Å². The van der Waals surface area contributed by atoms with E-state index in [1.807, 2.05) is 24.3 Å². The predicted octanol–water partition coefficient (Wildman–Crippen LogP) is 2.27. The Kier molecular flexibility index (Phi) is 5.76. The van der Waals surface area contributed by atoms with Gasteiger partial charge in [0.2, 0.25) is 11.8 Å². The molecule has 2 rings (SSSR count). The summed E-state index contributed by atoms with van der Waals surface area (Å²) >= 11 is 3.36. The van der Waals surface area contributed by atoms with E-state index >= 15 is 0 Å². The lowest BCUT2D eigenvalue weighted by Gasteiger charge is -2.16. The number of ether oxygens (including phenoxy) is 1. The molecule has 6 heteroatoms. The van der Waals surface area contributed by atoms with Gasteiger partial charge in [-0.15, -0.1) is 0 Å². The maximum atomic E-state index is 12.2. The van der Waals surface area contributed by atoms with Gasteiger partial charge in [-0.05, 0) is 24.6 Å². The molecule has 1 saturated heterocycles. The number of hydrogen-bond donors (Lipinski definition) is 1. The number of nitrogens with zero attached hydrogens (tertiary/aromatic N) is 1. The fourth-order valence-electron chi connectivity index (χ4n) is 2.37. The van der Waals surface area contributed by atoms with E-state index in [0.29, 0.717) is 19.7 Å². The molecule has 0 aliphatic carbocycles. The molecule has 1 atom stereocenters. The lowest BCUT2D eigenvalue weighted by atomic mass is 10.1. The van der Waals surface area contributed by atoms with Crippen molar-refractivity contribution in [1.29, 1.82) is 0 Å². The van der Waals surface area contributed by atoms with E-state index in [0.717, 1.165) is 16.6 Å². The summed E-state index contributed by atoms with van der Waals surface area (Å²) < 4.78 is 5.89. The summed E-state index contributed by atoms with van der Waals surface area (Å²) in [6.07, 6.45) is 1.08. The van der Waals surface area contributed by atoms with E-state index in [1.165, 1.54) is 0 Å². The van der Waals surface area contributed by atoms with Gasteiger partial charge in [-0.25, -0.2) is 0 Å². The highest BCUT2D eigenvalue weighted by molar-refractivity contribution is 9.10. The van der Waals surface area contributed by atoms with Gasteiger partial charge in [-0.2, -0.15) is 0 Å². The van der Waals surface area contributed by atoms with E-state index in [2.05, 4.69) is 21.2 Å². The Morgan fingerprint density at radius 3 is 3.05 bits per heavy atom. The number of halogens is 1. The topological polar surface area (TPSA) is 58.6 Å². The largest absolute Gasteiger partial charge is 0.385 e. The van der Waals surface area contributed by atoms with Crippen LogP contribution in [0.4, 0.5) is 5.69 Å². The first-order valence-electron chi connectivity index (χ1n) is 6.93. The number of rotatable bonds is 6. The smallest absolute Gasteiger partial charge is 0.229 e. The van der Waals surface area contributed by atoms with Gasteiger partial charge in [0.15, 0.2) is 0 Å². The standard InChI is InChI=1S/C15H19BrN2O3/c1-21-7-3-6-18-10-11(8-14(18)19)15(20)17-13-5-2-4-12(16)9-13/h2,4-5,9,11H,3,6-8,10H2,1H3,(H,17,20)/t11-/m1/s1. The van der Waals surface area contributed by atoms with Crippen molar-refractivity contribution in [3.63, 3.8) is 0 Å². The number of carbonyl (C=O) groups is 2. The van der Waals surface area contributed by atoms with Crippen LogP contribution in [0.5, 0.6) is 0 Å². The molecule has 0 unspecified atom stereocenters. The molecule has 1 aromatic rings. The second kappa shape index (κ2) is 7.56. The Balaban J connectivity index is 1.88. The van der Waals surface area contributed by atoms with Gasteiger partial charge in [0.1, 0.15) is 0 Å². The molecule has 1 fully saturated rings. The zero-order valence-corrected chi connectivity index (χ0v) is 13.6. The molecular formula is C15H19BrN2O3. The van der Waals surface area contributed by atoms with E-state index in [1.54, 1.807) is 12.0 Å². The fraction of sp³-hybridized carbons (Fsp3) is 0.467. The molecule has 0 aromatic heterocycles. The number of carbonyl (C=O) groups excluding carboxylic acids is 2. The molecular weight excluding hydrogens is 336 g/mol. The summed E-state index contributed by atoms with van der Waals surface area (Å²) in [5.41, 5.74) is 0.736. The minimum Gasteiger partial charge on any atom is -0.385 e. The number of methoxy groups -OCH3 is 1. The highest BCUT2D eigenvalue weighted by Gasteiger charge is 2.33. The third-order valence-electron chi connectivity index (χ3n) is 3.45. The van der Waals surface area contributed by atoms with Crippen LogP contribution in [0.1, 0.15) is 12.8 Å². The van der Waals surface area contributed by atoms with Crippen molar-refractivity contribution in [2.24, 2.45) is 5.92 Å². The second-order valence-electron chi connectivity index (χ2n) is 5.09. The number of amides is 2. The molecule has 1 aliphatic rings. The van der Waals surface area contributed by atoms with Crippen LogP contribution in [-0.2, 0) is 14.3 Å². The Morgan fingerprint density at radius 2 is 2.33 bits per heavy atom. The number of benzene rings is 1. The van der Waals surface area contributed by atoms with E-state index in [-0.39, 0.29) is 24.2 Å². The van der Waals surface area contributed by atoms with Gasteiger partial charge in [-0.1, -0.05) is 22.0 Å². The first kappa shape index (κ1) is 16.0. The van der Waals surface area contributed by atoms with Gasteiger partial charge in [0.25, 0.3) is 0 Å². The lowest BCUT2D eigenvalue weighted by Crippen LogP contribution is -2.29. The zero-order chi connectivity index (χ0) is 15.2. The van der Waals surface area contributed by atoms with Crippen LogP contribution in [0.3, 0.4) is 0 Å². The molecule has 1 aromatic carbocycles. The summed E-state index contributed by atoms with van der Waals surface area (Å²) in [4.78, 5) is 25.8. The van der Waals surface area contributed by atoms with E-state index in [4.69, 9.17) is 4.74 Å². The van der Waals surface area contributed by atoms with Gasteiger partial charge >= 0.3 is 0 Å². The van der Waals surface area contributed by atoms with Gasteiger partial charge in [-0.3, -0.25) is 9.59 Å². The van der Waals surface area contributed by atoms with Crippen LogP contribution in [-0.4, -0.2) is 43.5 Å². The maximum absolute atomic E-state index is 12.2. The van der Waals surface area contributed by atoms with Crippen molar-refractivity contribution in [1.82, 2.24) is 4.90 Å². The van der Waals surface area contributed by atoms with Gasteiger partial charge in [0.05, 0.1) is 5.92 Å². The minimum absolute atomic E-state index is 0.0421. The molecule has 2 amide bonds. The third-order valence-corrected chi connectivity index (χ3v) is 3.95. The normalized spacial score (nSPS) is 18.1.